The van der Waals surface area contributed by atoms with Gasteiger partial charge in [0.1, 0.15) is 5.75 Å². The van der Waals surface area contributed by atoms with Crippen molar-refractivity contribution in [2.24, 2.45) is 5.14 Å². The Morgan fingerprint density at radius 2 is 1.62 bits per heavy atom. The first-order valence-electron chi connectivity index (χ1n) is 9.76. The molecule has 8 heteroatoms. The summed E-state index contributed by atoms with van der Waals surface area (Å²) in [7, 11) is -2.20. The van der Waals surface area contributed by atoms with E-state index in [9.17, 15) is 13.2 Å². The normalized spacial score (nSPS) is 11.3. The molecule has 4 rings (SSSR count). The lowest BCUT2D eigenvalue weighted by Crippen LogP contribution is -2.16. The first kappa shape index (κ1) is 21.5. The lowest BCUT2D eigenvalue weighted by Gasteiger charge is -2.15. The van der Waals surface area contributed by atoms with E-state index in [1.54, 1.807) is 7.11 Å². The number of amides is 1. The number of nitrogens with one attached hydrogen (secondary N) is 1. The van der Waals surface area contributed by atoms with Crippen LogP contribution >= 0.6 is 0 Å². The van der Waals surface area contributed by atoms with Gasteiger partial charge in [-0.3, -0.25) is 4.79 Å². The number of anilines is 1. The number of nitrogens with two attached hydrogens (primary N) is 1. The van der Waals surface area contributed by atoms with Crippen molar-refractivity contribution >= 4 is 32.5 Å². The Morgan fingerprint density at radius 3 is 2.25 bits per heavy atom. The zero-order valence-corrected chi connectivity index (χ0v) is 18.3. The van der Waals surface area contributed by atoms with E-state index in [1.807, 2.05) is 55.5 Å². The lowest BCUT2D eigenvalue weighted by molar-refractivity contribution is 0.102. The van der Waals surface area contributed by atoms with Gasteiger partial charge < -0.3 is 10.1 Å². The molecule has 3 N–H and O–H groups in total. The molecule has 0 saturated carbocycles. The second-order valence-electron chi connectivity index (χ2n) is 7.23. The summed E-state index contributed by atoms with van der Waals surface area (Å²) in [5.74, 6) is 0.410. The third kappa shape index (κ3) is 4.18. The molecule has 0 spiro atoms. The van der Waals surface area contributed by atoms with Gasteiger partial charge in [-0.1, -0.05) is 18.2 Å². The SMILES string of the molecule is COc1ccc(-c2nc3ccccc3c(C(=O)Nc3ccc(S(N)(=O)=O)cc3)c2C)cc1. The van der Waals surface area contributed by atoms with Crippen LogP contribution in [0.15, 0.2) is 77.7 Å². The maximum Gasteiger partial charge on any atom is 0.256 e. The minimum Gasteiger partial charge on any atom is -0.497 e. The summed E-state index contributed by atoms with van der Waals surface area (Å²) in [6.07, 6.45) is 0. The number of methoxy groups -OCH3 is 1. The smallest absolute Gasteiger partial charge is 0.256 e. The Kier molecular flexibility index (Phi) is 5.65. The zero-order valence-electron chi connectivity index (χ0n) is 17.5. The number of ether oxygens (including phenoxy) is 1. The van der Waals surface area contributed by atoms with Gasteiger partial charge in [0, 0.05) is 16.6 Å². The first-order chi connectivity index (χ1) is 15.3. The molecule has 0 aliphatic carbocycles. The van der Waals surface area contributed by atoms with Gasteiger partial charge in [0.15, 0.2) is 0 Å². The lowest BCUT2D eigenvalue weighted by atomic mass is 9.97. The highest BCUT2D eigenvalue weighted by Crippen LogP contribution is 2.31. The van der Waals surface area contributed by atoms with E-state index < -0.39 is 10.0 Å². The van der Waals surface area contributed by atoms with Gasteiger partial charge in [-0.25, -0.2) is 18.5 Å². The van der Waals surface area contributed by atoms with Gasteiger partial charge in [-0.05, 0) is 67.1 Å². The number of carbonyl (C=O) groups excluding carboxylic acids is 1. The van der Waals surface area contributed by atoms with Crippen LogP contribution in [-0.2, 0) is 10.0 Å². The van der Waals surface area contributed by atoms with Crippen LogP contribution in [0.3, 0.4) is 0 Å². The number of pyridine rings is 1. The van der Waals surface area contributed by atoms with E-state index in [0.717, 1.165) is 22.3 Å². The summed E-state index contributed by atoms with van der Waals surface area (Å²) in [5, 5.41) is 8.71. The number of fused-ring (bicyclic) bond motifs is 1. The fourth-order valence-corrected chi connectivity index (χ4v) is 4.07. The van der Waals surface area contributed by atoms with Crippen LogP contribution in [0.5, 0.6) is 5.75 Å². The molecule has 0 atom stereocenters. The minimum atomic E-state index is -3.81. The van der Waals surface area contributed by atoms with E-state index in [2.05, 4.69) is 5.32 Å². The van der Waals surface area contributed by atoms with E-state index in [0.29, 0.717) is 22.5 Å². The Balaban J connectivity index is 1.78. The van der Waals surface area contributed by atoms with E-state index >= 15 is 0 Å². The summed E-state index contributed by atoms with van der Waals surface area (Å²) in [6, 6.07) is 20.6. The predicted octanol–water partition coefficient (Wildman–Crippen LogP) is 4.12. The van der Waals surface area contributed by atoms with Crippen molar-refractivity contribution in [1.29, 1.82) is 0 Å². The van der Waals surface area contributed by atoms with Crippen molar-refractivity contribution in [2.45, 2.75) is 11.8 Å². The summed E-state index contributed by atoms with van der Waals surface area (Å²) >= 11 is 0. The summed E-state index contributed by atoms with van der Waals surface area (Å²) in [5.41, 5.74) is 3.93. The molecule has 1 amide bonds. The molecule has 0 fully saturated rings. The number of sulfonamides is 1. The number of benzene rings is 3. The molecule has 1 aromatic heterocycles. The number of hydrogen-bond acceptors (Lipinski definition) is 5. The summed E-state index contributed by atoms with van der Waals surface area (Å²) in [6.45, 7) is 1.86. The molecule has 0 unspecified atom stereocenters. The van der Waals surface area contributed by atoms with E-state index in [4.69, 9.17) is 14.9 Å². The third-order valence-corrected chi connectivity index (χ3v) is 6.10. The molecule has 0 aliphatic rings. The first-order valence-corrected chi connectivity index (χ1v) is 11.3. The van der Waals surface area contributed by atoms with Gasteiger partial charge in [0.25, 0.3) is 5.91 Å². The van der Waals surface area contributed by atoms with Gasteiger partial charge in [0.05, 0.1) is 28.8 Å². The molecule has 162 valence electrons. The number of hydrogen-bond donors (Lipinski definition) is 2. The topological polar surface area (TPSA) is 111 Å². The van der Waals surface area contributed by atoms with Crippen LogP contribution in [0, 0.1) is 6.92 Å². The van der Waals surface area contributed by atoms with Crippen molar-refractivity contribution in [3.8, 4) is 17.0 Å². The predicted molar refractivity (Wildman–Crippen MR) is 124 cm³/mol. The largest absolute Gasteiger partial charge is 0.497 e. The Labute approximate surface area is 185 Å². The molecule has 0 aliphatic heterocycles. The highest BCUT2D eigenvalue weighted by molar-refractivity contribution is 7.89. The highest BCUT2D eigenvalue weighted by Gasteiger charge is 2.19. The molecule has 7 nitrogen and oxygen atoms in total. The number of para-hydroxylation sites is 1. The molecule has 0 bridgehead atoms. The quantitative estimate of drug-likeness (QED) is 0.478. The molecular formula is C24H21N3O4S. The van der Waals surface area contributed by atoms with Crippen LogP contribution in [0.25, 0.3) is 22.2 Å². The monoisotopic (exact) mass is 447 g/mol. The van der Waals surface area contributed by atoms with E-state index in [-0.39, 0.29) is 10.8 Å². The summed E-state index contributed by atoms with van der Waals surface area (Å²) < 4.78 is 28.2. The number of rotatable bonds is 5. The molecular weight excluding hydrogens is 426 g/mol. The Morgan fingerprint density at radius 1 is 0.969 bits per heavy atom. The Hall–Kier alpha value is -3.75. The van der Waals surface area contributed by atoms with Gasteiger partial charge >= 0.3 is 0 Å². The number of primary sulfonamides is 1. The average molecular weight is 448 g/mol. The molecule has 32 heavy (non-hydrogen) atoms. The Bertz CT molecular complexity index is 1410. The summed E-state index contributed by atoms with van der Waals surface area (Å²) in [4.78, 5) is 18.1. The average Bonchev–Trinajstić information content (AvgIpc) is 2.78. The molecule has 1 heterocycles. The second-order valence-corrected chi connectivity index (χ2v) is 8.79. The third-order valence-electron chi connectivity index (χ3n) is 5.17. The van der Waals surface area contributed by atoms with Crippen LogP contribution in [0.4, 0.5) is 5.69 Å². The zero-order chi connectivity index (χ0) is 22.9. The molecule has 3 aromatic carbocycles. The minimum absolute atomic E-state index is 0.0252. The van der Waals surface area contributed by atoms with Crippen molar-refractivity contribution < 1.29 is 17.9 Å². The number of carbonyl (C=O) groups is 1. The maximum atomic E-state index is 13.3. The number of aromatic nitrogens is 1. The van der Waals surface area contributed by atoms with Gasteiger partial charge in [-0.2, -0.15) is 0 Å². The van der Waals surface area contributed by atoms with Crippen molar-refractivity contribution in [3.05, 3.63) is 83.9 Å². The van der Waals surface area contributed by atoms with Crippen molar-refractivity contribution in [2.75, 3.05) is 12.4 Å². The second kappa shape index (κ2) is 8.41. The molecule has 0 saturated heterocycles. The molecule has 0 radical (unpaired) electrons. The van der Waals surface area contributed by atoms with Crippen molar-refractivity contribution in [1.82, 2.24) is 4.98 Å². The van der Waals surface area contributed by atoms with Crippen LogP contribution < -0.4 is 15.2 Å². The highest BCUT2D eigenvalue weighted by atomic mass is 32.2. The fourth-order valence-electron chi connectivity index (χ4n) is 3.55. The van der Waals surface area contributed by atoms with Crippen molar-refractivity contribution in [3.63, 3.8) is 0 Å². The van der Waals surface area contributed by atoms with E-state index in [1.165, 1.54) is 24.3 Å². The number of nitrogens with zero attached hydrogens (tertiary/aromatic N) is 1. The standard InChI is InChI=1S/C24H21N3O4S/c1-15-22(24(28)26-17-9-13-19(14-10-17)32(25,29)30)20-5-3-4-6-21(20)27-23(15)16-7-11-18(31-2)12-8-16/h3-14H,1-2H3,(H,26,28)(H2,25,29,30). The van der Waals surface area contributed by atoms with Gasteiger partial charge in [-0.15, -0.1) is 0 Å². The van der Waals surface area contributed by atoms with Crippen LogP contribution in [0.1, 0.15) is 15.9 Å². The molecule has 4 aromatic rings. The van der Waals surface area contributed by atoms with Gasteiger partial charge in [0.2, 0.25) is 10.0 Å². The van der Waals surface area contributed by atoms with Crippen LogP contribution in [0.2, 0.25) is 0 Å². The maximum absolute atomic E-state index is 13.3. The fraction of sp³-hybridized carbons (Fsp3) is 0.0833. The van der Waals surface area contributed by atoms with Crippen LogP contribution in [-0.4, -0.2) is 26.4 Å².